The number of nitrogens with zero attached hydrogens (tertiary/aromatic N) is 2. The highest BCUT2D eigenvalue weighted by Crippen LogP contribution is 2.16. The summed E-state index contributed by atoms with van der Waals surface area (Å²) < 4.78 is 0. The third-order valence-electron chi connectivity index (χ3n) is 1.95. The Morgan fingerprint density at radius 2 is 2.58 bits per heavy atom. The second-order valence-electron chi connectivity index (χ2n) is 2.90. The van der Waals surface area contributed by atoms with Gasteiger partial charge < -0.3 is 5.32 Å². The van der Waals surface area contributed by atoms with Gasteiger partial charge in [0.1, 0.15) is 6.17 Å². The van der Waals surface area contributed by atoms with Gasteiger partial charge in [0.2, 0.25) is 5.91 Å². The summed E-state index contributed by atoms with van der Waals surface area (Å²) in [5.74, 6) is 0.0529. The zero-order valence-corrected chi connectivity index (χ0v) is 6.74. The van der Waals surface area contributed by atoms with Crippen LogP contribution in [0.25, 0.3) is 0 Å². The molecule has 1 aromatic heterocycles. The van der Waals surface area contributed by atoms with E-state index in [4.69, 9.17) is 0 Å². The number of carbonyl (C=O) groups is 1. The number of H-pyrrole nitrogens is 1. The van der Waals surface area contributed by atoms with Crippen molar-refractivity contribution in [2.24, 2.45) is 0 Å². The van der Waals surface area contributed by atoms with E-state index in [1.807, 2.05) is 18.0 Å². The van der Waals surface area contributed by atoms with Crippen molar-refractivity contribution < 1.29 is 4.79 Å². The first-order chi connectivity index (χ1) is 5.77. The fraction of sp³-hybridized carbons (Fsp3) is 0.429. The third-order valence-corrected chi connectivity index (χ3v) is 1.95. The summed E-state index contributed by atoms with van der Waals surface area (Å²) in [4.78, 5) is 12.9. The van der Waals surface area contributed by atoms with Crippen molar-refractivity contribution in [3.8, 4) is 0 Å². The molecule has 1 aliphatic rings. The largest absolute Gasteiger partial charge is 0.334 e. The molecule has 1 aliphatic heterocycles. The Balaban J connectivity index is 2.20. The van der Waals surface area contributed by atoms with Crippen LogP contribution < -0.4 is 5.32 Å². The molecular formula is C7H10N4O. The minimum absolute atomic E-state index is 0.0417. The van der Waals surface area contributed by atoms with Crippen molar-refractivity contribution in [3.05, 3.63) is 18.0 Å². The van der Waals surface area contributed by atoms with Gasteiger partial charge in [-0.2, -0.15) is 5.10 Å². The van der Waals surface area contributed by atoms with Crippen LogP contribution in [0, 0.1) is 0 Å². The van der Waals surface area contributed by atoms with Gasteiger partial charge >= 0.3 is 0 Å². The normalized spacial score (nSPS) is 24.4. The molecule has 12 heavy (non-hydrogen) atoms. The Hall–Kier alpha value is -1.36. The van der Waals surface area contributed by atoms with E-state index in [0.29, 0.717) is 6.54 Å². The highest BCUT2D eigenvalue weighted by Gasteiger charge is 2.28. The number of likely N-dealkylation sites (N-methyl/N-ethyl adjacent to an activating group) is 1. The standard InChI is InChI=1S/C7H10N4O/c1-11-4-6(12)9-7(11)5-2-3-8-10-5/h2-3,7H,4H2,1H3,(H,8,10)(H,9,12). The van der Waals surface area contributed by atoms with Crippen molar-refractivity contribution in [2.75, 3.05) is 13.6 Å². The quantitative estimate of drug-likeness (QED) is 0.589. The summed E-state index contributed by atoms with van der Waals surface area (Å²) in [5.41, 5.74) is 0.920. The highest BCUT2D eigenvalue weighted by molar-refractivity contribution is 5.80. The molecule has 1 saturated heterocycles. The van der Waals surface area contributed by atoms with Gasteiger partial charge in [-0.25, -0.2) is 0 Å². The van der Waals surface area contributed by atoms with E-state index in [-0.39, 0.29) is 12.1 Å². The molecule has 0 radical (unpaired) electrons. The van der Waals surface area contributed by atoms with E-state index >= 15 is 0 Å². The highest BCUT2D eigenvalue weighted by atomic mass is 16.2. The molecule has 5 nitrogen and oxygen atoms in total. The first-order valence-electron chi connectivity index (χ1n) is 3.76. The van der Waals surface area contributed by atoms with E-state index in [0.717, 1.165) is 5.69 Å². The lowest BCUT2D eigenvalue weighted by molar-refractivity contribution is -0.118. The van der Waals surface area contributed by atoms with Crippen molar-refractivity contribution in [2.45, 2.75) is 6.17 Å². The number of aromatic amines is 1. The van der Waals surface area contributed by atoms with Crippen LogP contribution in [0.15, 0.2) is 12.3 Å². The molecule has 0 aromatic carbocycles. The van der Waals surface area contributed by atoms with Gasteiger partial charge in [-0.3, -0.25) is 14.8 Å². The first kappa shape index (κ1) is 7.30. The number of hydrogen-bond donors (Lipinski definition) is 2. The molecule has 5 heteroatoms. The summed E-state index contributed by atoms with van der Waals surface area (Å²) in [6, 6.07) is 1.85. The lowest BCUT2D eigenvalue weighted by atomic mass is 10.3. The minimum Gasteiger partial charge on any atom is -0.334 e. The molecule has 1 fully saturated rings. The van der Waals surface area contributed by atoms with Crippen LogP contribution in [0.3, 0.4) is 0 Å². The summed E-state index contributed by atoms with van der Waals surface area (Å²) in [6.45, 7) is 0.448. The number of hydrogen-bond acceptors (Lipinski definition) is 3. The maximum Gasteiger partial charge on any atom is 0.235 e. The van der Waals surface area contributed by atoms with E-state index < -0.39 is 0 Å². The molecule has 2 heterocycles. The number of nitrogens with one attached hydrogen (secondary N) is 2. The summed E-state index contributed by atoms with van der Waals surface area (Å²) in [7, 11) is 1.89. The van der Waals surface area contributed by atoms with Gasteiger partial charge in [0.05, 0.1) is 12.2 Å². The summed E-state index contributed by atoms with van der Waals surface area (Å²) in [5, 5.41) is 9.47. The van der Waals surface area contributed by atoms with Gasteiger partial charge in [0.15, 0.2) is 0 Å². The van der Waals surface area contributed by atoms with Crippen molar-refractivity contribution in [1.82, 2.24) is 20.4 Å². The fourth-order valence-electron chi connectivity index (χ4n) is 1.36. The maximum absolute atomic E-state index is 11.0. The Morgan fingerprint density at radius 3 is 3.08 bits per heavy atom. The Kier molecular flexibility index (Phi) is 1.58. The molecule has 1 unspecified atom stereocenters. The number of rotatable bonds is 1. The Morgan fingerprint density at radius 1 is 1.75 bits per heavy atom. The lowest BCUT2D eigenvalue weighted by Gasteiger charge is -2.15. The summed E-state index contributed by atoms with van der Waals surface area (Å²) in [6.07, 6.45) is 1.63. The van der Waals surface area contributed by atoms with E-state index in [1.165, 1.54) is 0 Å². The second-order valence-corrected chi connectivity index (χ2v) is 2.90. The molecule has 1 amide bonds. The van der Waals surface area contributed by atoms with Crippen LogP contribution in [0.1, 0.15) is 11.9 Å². The first-order valence-corrected chi connectivity index (χ1v) is 3.76. The van der Waals surface area contributed by atoms with Crippen molar-refractivity contribution in [1.29, 1.82) is 0 Å². The van der Waals surface area contributed by atoms with Crippen molar-refractivity contribution >= 4 is 5.91 Å². The van der Waals surface area contributed by atoms with Crippen LogP contribution in [0.5, 0.6) is 0 Å². The molecule has 0 saturated carbocycles. The average molecular weight is 166 g/mol. The molecule has 0 bridgehead atoms. The van der Waals surface area contributed by atoms with Crippen LogP contribution in [-0.4, -0.2) is 34.6 Å². The molecule has 2 N–H and O–H groups in total. The molecule has 2 rings (SSSR count). The molecule has 1 atom stereocenters. The van der Waals surface area contributed by atoms with Gasteiger partial charge in [-0.05, 0) is 13.1 Å². The average Bonchev–Trinajstić information content (AvgIpc) is 2.58. The molecule has 64 valence electrons. The maximum atomic E-state index is 11.0. The third kappa shape index (κ3) is 1.08. The van der Waals surface area contributed by atoms with Crippen LogP contribution in [0.2, 0.25) is 0 Å². The Bertz CT molecular complexity index is 282. The zero-order chi connectivity index (χ0) is 8.55. The second kappa shape index (κ2) is 2.60. The van der Waals surface area contributed by atoms with E-state index in [9.17, 15) is 4.79 Å². The smallest absolute Gasteiger partial charge is 0.235 e. The molecule has 0 spiro atoms. The lowest BCUT2D eigenvalue weighted by Crippen LogP contribution is -2.24. The zero-order valence-electron chi connectivity index (χ0n) is 6.74. The van der Waals surface area contributed by atoms with Crippen LogP contribution >= 0.6 is 0 Å². The number of carbonyl (C=O) groups excluding carboxylic acids is 1. The fourth-order valence-corrected chi connectivity index (χ4v) is 1.36. The van der Waals surface area contributed by atoms with Gasteiger partial charge in [0, 0.05) is 6.20 Å². The predicted octanol–water partition coefficient (Wildman–Crippen LogP) is -0.530. The van der Waals surface area contributed by atoms with Crippen LogP contribution in [-0.2, 0) is 4.79 Å². The predicted molar refractivity (Wildman–Crippen MR) is 42.1 cm³/mol. The van der Waals surface area contributed by atoms with Gasteiger partial charge in [0.25, 0.3) is 0 Å². The minimum atomic E-state index is -0.0417. The molecular weight excluding hydrogens is 156 g/mol. The van der Waals surface area contributed by atoms with Crippen molar-refractivity contribution in [3.63, 3.8) is 0 Å². The molecule has 0 aliphatic carbocycles. The van der Waals surface area contributed by atoms with Gasteiger partial charge in [-0.15, -0.1) is 0 Å². The SMILES string of the molecule is CN1CC(=O)NC1c1ccn[nH]1. The topological polar surface area (TPSA) is 61.0 Å². The monoisotopic (exact) mass is 166 g/mol. The van der Waals surface area contributed by atoms with E-state index in [1.54, 1.807) is 6.20 Å². The van der Waals surface area contributed by atoms with Crippen LogP contribution in [0.4, 0.5) is 0 Å². The number of aromatic nitrogens is 2. The van der Waals surface area contributed by atoms with E-state index in [2.05, 4.69) is 15.5 Å². The van der Waals surface area contributed by atoms with Gasteiger partial charge in [-0.1, -0.05) is 0 Å². The Labute approximate surface area is 69.8 Å². The molecule has 1 aromatic rings. The summed E-state index contributed by atoms with van der Waals surface area (Å²) >= 11 is 0. The number of amides is 1.